The second kappa shape index (κ2) is 7.87. The Morgan fingerprint density at radius 1 is 0.760 bits per heavy atom. The van der Waals surface area contributed by atoms with Gasteiger partial charge in [0, 0.05) is 51.4 Å². The maximum Gasteiger partial charge on any atom is 0.134 e. The van der Waals surface area contributed by atoms with Crippen LogP contribution in [-0.2, 0) is 0 Å². The summed E-state index contributed by atoms with van der Waals surface area (Å²) >= 11 is 0. The maximum atomic E-state index is 9.71. The van der Waals surface area contributed by atoms with Crippen LogP contribution < -0.4 is 9.80 Å². The molecule has 0 spiro atoms. The number of aromatic nitrogens is 2. The highest BCUT2D eigenvalue weighted by molar-refractivity contribution is 5.50. The number of anilines is 2. The van der Waals surface area contributed by atoms with Gasteiger partial charge >= 0.3 is 0 Å². The number of piperidine rings is 1. The highest BCUT2D eigenvalue weighted by Crippen LogP contribution is 2.26. The van der Waals surface area contributed by atoms with E-state index >= 15 is 0 Å². The minimum atomic E-state index is -0.148. The Labute approximate surface area is 150 Å². The van der Waals surface area contributed by atoms with E-state index in [1.54, 1.807) is 6.33 Å². The lowest BCUT2D eigenvalue weighted by atomic mass is 10.1. The summed E-state index contributed by atoms with van der Waals surface area (Å²) in [6.07, 6.45) is 10.0. The van der Waals surface area contributed by atoms with E-state index < -0.39 is 0 Å². The summed E-state index contributed by atoms with van der Waals surface area (Å²) in [7, 11) is 0. The summed E-state index contributed by atoms with van der Waals surface area (Å²) in [6.45, 7) is 6.28. The molecule has 1 aromatic heterocycles. The Bertz CT molecular complexity index is 555. The van der Waals surface area contributed by atoms with Crippen LogP contribution in [0.5, 0.6) is 0 Å². The number of aliphatic hydroxyl groups excluding tert-OH is 1. The molecule has 1 saturated carbocycles. The second-order valence-corrected chi connectivity index (χ2v) is 7.77. The highest BCUT2D eigenvalue weighted by Gasteiger charge is 2.25. The Kier molecular flexibility index (Phi) is 5.36. The van der Waals surface area contributed by atoms with Crippen molar-refractivity contribution in [3.05, 3.63) is 12.4 Å². The largest absolute Gasteiger partial charge is 0.393 e. The van der Waals surface area contributed by atoms with E-state index in [1.807, 2.05) is 0 Å². The van der Waals surface area contributed by atoms with Crippen LogP contribution >= 0.6 is 0 Å². The highest BCUT2D eigenvalue weighted by atomic mass is 16.3. The van der Waals surface area contributed by atoms with E-state index in [-0.39, 0.29) is 6.10 Å². The molecule has 2 saturated heterocycles. The van der Waals surface area contributed by atoms with Crippen LogP contribution in [-0.4, -0.2) is 71.4 Å². The summed E-state index contributed by atoms with van der Waals surface area (Å²) in [6, 6.07) is 2.96. The van der Waals surface area contributed by atoms with Gasteiger partial charge in [-0.1, -0.05) is 12.8 Å². The van der Waals surface area contributed by atoms with Crippen LogP contribution in [0, 0.1) is 0 Å². The average Bonchev–Trinajstić information content (AvgIpc) is 3.07. The van der Waals surface area contributed by atoms with Crippen molar-refractivity contribution >= 4 is 11.6 Å². The molecule has 3 aliphatic rings. The van der Waals surface area contributed by atoms with E-state index in [2.05, 4.69) is 30.7 Å². The molecule has 0 aromatic carbocycles. The van der Waals surface area contributed by atoms with Gasteiger partial charge in [-0.05, 0) is 32.1 Å². The molecule has 3 fully saturated rings. The molecular weight excluding hydrogens is 314 g/mol. The fourth-order valence-electron chi connectivity index (χ4n) is 4.58. The van der Waals surface area contributed by atoms with Crippen LogP contribution in [0.15, 0.2) is 12.4 Å². The molecule has 2 aliphatic heterocycles. The summed E-state index contributed by atoms with van der Waals surface area (Å²) in [5.74, 6) is 2.07. The molecule has 25 heavy (non-hydrogen) atoms. The van der Waals surface area contributed by atoms with Gasteiger partial charge in [0.25, 0.3) is 0 Å². The fraction of sp³-hybridized carbons (Fsp3) is 0.789. The van der Waals surface area contributed by atoms with Crippen LogP contribution in [0.1, 0.15) is 44.9 Å². The molecule has 0 bridgehead atoms. The molecule has 138 valence electrons. The molecule has 1 aromatic rings. The first-order chi connectivity index (χ1) is 12.3. The van der Waals surface area contributed by atoms with Gasteiger partial charge in [-0.3, -0.25) is 4.90 Å². The van der Waals surface area contributed by atoms with Crippen molar-refractivity contribution in [2.75, 3.05) is 49.1 Å². The standard InChI is InChI=1S/C19H31N5O/c25-17-6-10-24(11-7-17)19-14-18(20-15-21-19)23-9-3-8-22(12-13-23)16-4-1-2-5-16/h14-17,25H,1-13H2. The van der Waals surface area contributed by atoms with Gasteiger partial charge in [0.2, 0.25) is 0 Å². The van der Waals surface area contributed by atoms with Crippen LogP contribution in [0.2, 0.25) is 0 Å². The van der Waals surface area contributed by atoms with E-state index in [1.165, 1.54) is 38.6 Å². The molecule has 0 unspecified atom stereocenters. The van der Waals surface area contributed by atoms with E-state index in [0.717, 1.165) is 63.2 Å². The smallest absolute Gasteiger partial charge is 0.134 e. The second-order valence-electron chi connectivity index (χ2n) is 7.77. The first kappa shape index (κ1) is 17.0. The lowest BCUT2D eigenvalue weighted by molar-refractivity contribution is 0.145. The topological polar surface area (TPSA) is 55.7 Å². The fourth-order valence-corrected chi connectivity index (χ4v) is 4.58. The minimum Gasteiger partial charge on any atom is -0.393 e. The number of hydrogen-bond acceptors (Lipinski definition) is 6. The Balaban J connectivity index is 1.40. The minimum absolute atomic E-state index is 0.148. The monoisotopic (exact) mass is 345 g/mol. The first-order valence-electron chi connectivity index (χ1n) is 10.0. The summed E-state index contributed by atoms with van der Waals surface area (Å²) in [5.41, 5.74) is 0. The lowest BCUT2D eigenvalue weighted by Gasteiger charge is -2.31. The molecular formula is C19H31N5O. The molecule has 6 nitrogen and oxygen atoms in total. The van der Waals surface area contributed by atoms with Crippen LogP contribution in [0.3, 0.4) is 0 Å². The predicted molar refractivity (Wildman–Crippen MR) is 100 cm³/mol. The summed E-state index contributed by atoms with van der Waals surface area (Å²) in [4.78, 5) is 16.5. The maximum absolute atomic E-state index is 9.71. The molecule has 3 heterocycles. The van der Waals surface area contributed by atoms with Crippen molar-refractivity contribution in [2.45, 2.75) is 57.1 Å². The average molecular weight is 345 g/mol. The Morgan fingerprint density at radius 2 is 1.44 bits per heavy atom. The van der Waals surface area contributed by atoms with E-state index in [0.29, 0.717) is 0 Å². The van der Waals surface area contributed by atoms with Crippen LogP contribution in [0.25, 0.3) is 0 Å². The molecule has 4 rings (SSSR count). The third kappa shape index (κ3) is 4.06. The van der Waals surface area contributed by atoms with Gasteiger partial charge < -0.3 is 14.9 Å². The number of rotatable bonds is 3. The molecule has 0 amide bonds. The summed E-state index contributed by atoms with van der Waals surface area (Å²) in [5, 5.41) is 9.71. The zero-order chi connectivity index (χ0) is 17.1. The zero-order valence-corrected chi connectivity index (χ0v) is 15.2. The predicted octanol–water partition coefficient (Wildman–Crippen LogP) is 1.89. The third-order valence-corrected chi connectivity index (χ3v) is 6.12. The van der Waals surface area contributed by atoms with E-state index in [9.17, 15) is 5.11 Å². The number of aliphatic hydroxyl groups is 1. The molecule has 0 atom stereocenters. The van der Waals surface area contributed by atoms with Gasteiger partial charge in [0.15, 0.2) is 0 Å². The van der Waals surface area contributed by atoms with Crippen molar-refractivity contribution in [3.8, 4) is 0 Å². The Hall–Kier alpha value is -1.40. The third-order valence-electron chi connectivity index (χ3n) is 6.12. The van der Waals surface area contributed by atoms with Gasteiger partial charge in [-0.2, -0.15) is 0 Å². The van der Waals surface area contributed by atoms with Gasteiger partial charge in [0.1, 0.15) is 18.0 Å². The Morgan fingerprint density at radius 3 is 2.16 bits per heavy atom. The van der Waals surface area contributed by atoms with Gasteiger partial charge in [-0.25, -0.2) is 9.97 Å². The molecule has 6 heteroatoms. The van der Waals surface area contributed by atoms with Crippen molar-refractivity contribution < 1.29 is 5.11 Å². The molecule has 1 N–H and O–H groups in total. The number of nitrogens with zero attached hydrogens (tertiary/aromatic N) is 5. The van der Waals surface area contributed by atoms with Crippen LogP contribution in [0.4, 0.5) is 11.6 Å². The van der Waals surface area contributed by atoms with Crippen molar-refractivity contribution in [2.24, 2.45) is 0 Å². The van der Waals surface area contributed by atoms with Gasteiger partial charge in [-0.15, -0.1) is 0 Å². The van der Waals surface area contributed by atoms with Crippen molar-refractivity contribution in [1.29, 1.82) is 0 Å². The van der Waals surface area contributed by atoms with E-state index in [4.69, 9.17) is 0 Å². The molecule has 1 aliphatic carbocycles. The normalized spacial score (nSPS) is 24.7. The van der Waals surface area contributed by atoms with Crippen molar-refractivity contribution in [3.63, 3.8) is 0 Å². The van der Waals surface area contributed by atoms with Gasteiger partial charge in [0.05, 0.1) is 6.10 Å². The summed E-state index contributed by atoms with van der Waals surface area (Å²) < 4.78 is 0. The first-order valence-corrected chi connectivity index (χ1v) is 10.0. The molecule has 0 radical (unpaired) electrons. The van der Waals surface area contributed by atoms with Crippen molar-refractivity contribution in [1.82, 2.24) is 14.9 Å². The zero-order valence-electron chi connectivity index (χ0n) is 15.2. The lowest BCUT2D eigenvalue weighted by Crippen LogP contribution is -2.37. The number of hydrogen-bond donors (Lipinski definition) is 1. The SMILES string of the molecule is OC1CCN(c2cc(N3CCCN(C4CCCC4)CC3)ncn2)CC1. The quantitative estimate of drug-likeness (QED) is 0.903.